The van der Waals surface area contributed by atoms with Gasteiger partial charge in [-0.3, -0.25) is 5.10 Å². The fraction of sp³-hybridized carbons (Fsp3) is 0.500. The van der Waals surface area contributed by atoms with Crippen molar-refractivity contribution in [2.75, 3.05) is 30.3 Å². The number of piperidine rings is 1. The first-order valence-corrected chi connectivity index (χ1v) is 13.5. The maximum atomic E-state index is 6.04. The molecule has 1 aliphatic rings. The number of aromatic nitrogens is 2. The third-order valence-corrected chi connectivity index (χ3v) is 7.16. The van der Waals surface area contributed by atoms with Gasteiger partial charge in [0.05, 0.1) is 17.3 Å². The second kappa shape index (κ2) is 12.4. The van der Waals surface area contributed by atoms with Crippen LogP contribution in [0, 0.1) is 0 Å². The van der Waals surface area contributed by atoms with Crippen molar-refractivity contribution in [1.82, 2.24) is 15.1 Å². The van der Waals surface area contributed by atoms with Crippen LogP contribution in [-0.4, -0.2) is 45.9 Å². The number of benzene rings is 2. The predicted molar refractivity (Wildman–Crippen MR) is 151 cm³/mol. The lowest BCUT2D eigenvalue weighted by atomic mass is 9.91. The van der Waals surface area contributed by atoms with Crippen molar-refractivity contribution < 1.29 is 4.74 Å². The van der Waals surface area contributed by atoms with Crippen LogP contribution < -0.4 is 15.4 Å². The normalized spacial score (nSPS) is 15.7. The standard InChI is InChI=1S/C28H39N5OS/c1-4-6-9-16-33-17-14-21(15-18-33)27-23-19-22(12-13-24(23)31-32-27)29-28(35)30-25-10-7-8-11-26(25)34-20(3)5-2/h7-8,10-13,19-21H,4-6,9,14-18H2,1-3H3,(H,31,32)(H2,29,30,35). The summed E-state index contributed by atoms with van der Waals surface area (Å²) in [5, 5.41) is 16.3. The zero-order chi connectivity index (χ0) is 24.6. The Morgan fingerprint density at radius 3 is 2.71 bits per heavy atom. The van der Waals surface area contributed by atoms with Crippen molar-refractivity contribution in [3.8, 4) is 5.75 Å². The Hall–Kier alpha value is -2.64. The molecular formula is C28H39N5OS. The molecule has 1 atom stereocenters. The quantitative estimate of drug-likeness (QED) is 0.210. The fourth-order valence-electron chi connectivity index (χ4n) is 4.71. The highest BCUT2D eigenvalue weighted by molar-refractivity contribution is 7.80. The molecule has 1 aromatic heterocycles. The highest BCUT2D eigenvalue weighted by Crippen LogP contribution is 2.33. The second-order valence-electron chi connectivity index (χ2n) is 9.60. The Bertz CT molecular complexity index is 1110. The van der Waals surface area contributed by atoms with Crippen LogP contribution in [0.4, 0.5) is 11.4 Å². The first kappa shape index (κ1) is 25.5. The summed E-state index contributed by atoms with van der Waals surface area (Å²) >= 11 is 5.63. The number of ether oxygens (including phenoxy) is 1. The van der Waals surface area contributed by atoms with Crippen molar-refractivity contribution in [1.29, 1.82) is 0 Å². The van der Waals surface area contributed by atoms with Gasteiger partial charge in [0.25, 0.3) is 0 Å². The lowest BCUT2D eigenvalue weighted by Gasteiger charge is -2.31. The second-order valence-corrected chi connectivity index (χ2v) is 10.0. The van der Waals surface area contributed by atoms with Gasteiger partial charge in [-0.15, -0.1) is 0 Å². The number of H-pyrrole nitrogens is 1. The van der Waals surface area contributed by atoms with Crippen molar-refractivity contribution in [2.24, 2.45) is 0 Å². The van der Waals surface area contributed by atoms with Gasteiger partial charge < -0.3 is 20.3 Å². The van der Waals surface area contributed by atoms with Crippen LogP contribution in [0.5, 0.6) is 5.75 Å². The Morgan fingerprint density at radius 1 is 1.14 bits per heavy atom. The van der Waals surface area contributed by atoms with Gasteiger partial charge >= 0.3 is 0 Å². The molecule has 1 saturated heterocycles. The van der Waals surface area contributed by atoms with Crippen molar-refractivity contribution in [2.45, 2.75) is 71.3 Å². The van der Waals surface area contributed by atoms with E-state index in [1.54, 1.807) is 0 Å². The molecule has 0 radical (unpaired) electrons. The molecule has 0 bridgehead atoms. The van der Waals surface area contributed by atoms with E-state index in [0.717, 1.165) is 29.1 Å². The average Bonchev–Trinajstić information content (AvgIpc) is 3.29. The zero-order valence-electron chi connectivity index (χ0n) is 21.3. The lowest BCUT2D eigenvalue weighted by Crippen LogP contribution is -2.33. The molecule has 1 fully saturated rings. The summed E-state index contributed by atoms with van der Waals surface area (Å²) in [6.45, 7) is 10.0. The molecule has 3 aromatic rings. The molecule has 0 spiro atoms. The van der Waals surface area contributed by atoms with E-state index in [1.807, 2.05) is 30.3 Å². The minimum absolute atomic E-state index is 0.143. The number of para-hydroxylation sites is 2. The van der Waals surface area contributed by atoms with E-state index >= 15 is 0 Å². The van der Waals surface area contributed by atoms with Crippen molar-refractivity contribution in [3.63, 3.8) is 0 Å². The Morgan fingerprint density at radius 2 is 1.94 bits per heavy atom. The van der Waals surface area contributed by atoms with Gasteiger partial charge in [-0.05, 0) is 94.8 Å². The van der Waals surface area contributed by atoms with E-state index in [0.29, 0.717) is 11.0 Å². The summed E-state index contributed by atoms with van der Waals surface area (Å²) in [6.07, 6.45) is 7.36. The monoisotopic (exact) mass is 493 g/mol. The van der Waals surface area contributed by atoms with Gasteiger partial charge in [-0.25, -0.2) is 0 Å². The molecule has 7 heteroatoms. The van der Waals surface area contributed by atoms with Crippen LogP contribution in [0.15, 0.2) is 42.5 Å². The molecule has 1 aliphatic heterocycles. The Labute approximate surface area is 214 Å². The molecule has 2 aromatic carbocycles. The van der Waals surface area contributed by atoms with E-state index in [4.69, 9.17) is 17.0 Å². The van der Waals surface area contributed by atoms with Gasteiger partial charge in [0.1, 0.15) is 5.75 Å². The van der Waals surface area contributed by atoms with Crippen LogP contribution in [0.1, 0.15) is 70.9 Å². The third kappa shape index (κ3) is 6.73. The van der Waals surface area contributed by atoms with E-state index in [2.05, 4.69) is 58.6 Å². The largest absolute Gasteiger partial charge is 0.489 e. The molecular weight excluding hydrogens is 454 g/mol. The number of aromatic amines is 1. The summed E-state index contributed by atoms with van der Waals surface area (Å²) in [5.74, 6) is 1.33. The van der Waals surface area contributed by atoms with E-state index in [-0.39, 0.29) is 6.10 Å². The number of nitrogens with zero attached hydrogens (tertiary/aromatic N) is 2. The Kier molecular flexibility index (Phi) is 8.99. The van der Waals surface area contributed by atoms with E-state index < -0.39 is 0 Å². The number of unbranched alkanes of at least 4 members (excludes halogenated alkanes) is 2. The summed E-state index contributed by atoms with van der Waals surface area (Å²) < 4.78 is 6.04. The summed E-state index contributed by atoms with van der Waals surface area (Å²) in [7, 11) is 0. The van der Waals surface area contributed by atoms with Crippen LogP contribution in [0.2, 0.25) is 0 Å². The smallest absolute Gasteiger partial charge is 0.175 e. The van der Waals surface area contributed by atoms with Gasteiger partial charge in [-0.2, -0.15) is 5.10 Å². The number of anilines is 2. The molecule has 4 rings (SSSR count). The topological polar surface area (TPSA) is 65.2 Å². The molecule has 3 N–H and O–H groups in total. The molecule has 2 heterocycles. The molecule has 1 unspecified atom stereocenters. The first-order valence-electron chi connectivity index (χ1n) is 13.1. The van der Waals surface area contributed by atoms with Crippen LogP contribution in [-0.2, 0) is 0 Å². The number of thiocarbonyl (C=S) groups is 1. The summed E-state index contributed by atoms with van der Waals surface area (Å²) in [5.41, 5.74) is 4.07. The molecule has 188 valence electrons. The minimum atomic E-state index is 0.143. The number of rotatable bonds is 10. The van der Waals surface area contributed by atoms with Crippen LogP contribution >= 0.6 is 12.2 Å². The average molecular weight is 494 g/mol. The predicted octanol–water partition coefficient (Wildman–Crippen LogP) is 6.92. The SMILES string of the molecule is CCCCCN1CCC(c2[nH]nc3ccc(NC(=S)Nc4ccccc4OC(C)CC)cc23)CC1. The molecule has 0 saturated carbocycles. The minimum Gasteiger partial charge on any atom is -0.489 e. The van der Waals surface area contributed by atoms with E-state index in [9.17, 15) is 0 Å². The summed E-state index contributed by atoms with van der Waals surface area (Å²) in [4.78, 5) is 2.62. The fourth-order valence-corrected chi connectivity index (χ4v) is 4.93. The maximum absolute atomic E-state index is 6.04. The van der Waals surface area contributed by atoms with Gasteiger partial charge in [0, 0.05) is 22.7 Å². The molecule has 35 heavy (non-hydrogen) atoms. The number of likely N-dealkylation sites (tertiary alicyclic amines) is 1. The zero-order valence-corrected chi connectivity index (χ0v) is 22.1. The third-order valence-electron chi connectivity index (χ3n) is 6.95. The molecule has 0 amide bonds. The highest BCUT2D eigenvalue weighted by atomic mass is 32.1. The van der Waals surface area contributed by atoms with Crippen LogP contribution in [0.25, 0.3) is 10.9 Å². The van der Waals surface area contributed by atoms with Gasteiger partial charge in [0.2, 0.25) is 0 Å². The highest BCUT2D eigenvalue weighted by Gasteiger charge is 2.23. The number of fused-ring (bicyclic) bond motifs is 1. The van der Waals surface area contributed by atoms with Crippen molar-refractivity contribution >= 4 is 39.6 Å². The van der Waals surface area contributed by atoms with Gasteiger partial charge in [0.15, 0.2) is 5.11 Å². The molecule has 6 nitrogen and oxygen atoms in total. The first-order chi connectivity index (χ1) is 17.1. The summed E-state index contributed by atoms with van der Waals surface area (Å²) in [6, 6.07) is 14.2. The van der Waals surface area contributed by atoms with Crippen LogP contribution in [0.3, 0.4) is 0 Å². The van der Waals surface area contributed by atoms with Gasteiger partial charge in [-0.1, -0.05) is 38.8 Å². The maximum Gasteiger partial charge on any atom is 0.175 e. The number of nitrogens with one attached hydrogen (secondary N) is 3. The van der Waals surface area contributed by atoms with E-state index in [1.165, 1.54) is 62.8 Å². The Balaban J connectivity index is 1.40. The lowest BCUT2D eigenvalue weighted by molar-refractivity contribution is 0.207. The number of hydrogen-bond acceptors (Lipinski definition) is 4. The van der Waals surface area contributed by atoms with Crippen molar-refractivity contribution in [3.05, 3.63) is 48.2 Å². The molecule has 0 aliphatic carbocycles. The number of hydrogen-bond donors (Lipinski definition) is 3.